The van der Waals surface area contributed by atoms with Crippen molar-refractivity contribution in [2.45, 2.75) is 69.5 Å². The molecule has 3 aliphatic rings. The Morgan fingerprint density at radius 2 is 1.85 bits per heavy atom. The quantitative estimate of drug-likeness (QED) is 0.618. The maximum atomic E-state index is 12.5. The number of rotatable bonds is 5. The van der Waals surface area contributed by atoms with Crippen molar-refractivity contribution in [3.05, 3.63) is 28.7 Å². The smallest absolute Gasteiger partial charge is 0.226 e. The highest BCUT2D eigenvalue weighted by Crippen LogP contribution is 2.38. The van der Waals surface area contributed by atoms with Gasteiger partial charge in [-0.15, -0.1) is 12.4 Å². The Morgan fingerprint density at radius 3 is 2.52 bits per heavy atom. The predicted molar refractivity (Wildman–Crippen MR) is 120 cm³/mol. The van der Waals surface area contributed by atoms with Gasteiger partial charge < -0.3 is 10.2 Å². The van der Waals surface area contributed by atoms with Crippen LogP contribution in [-0.4, -0.2) is 39.9 Å². The van der Waals surface area contributed by atoms with E-state index in [0.29, 0.717) is 18.5 Å². The molecule has 4 rings (SSSR count). The van der Waals surface area contributed by atoms with Gasteiger partial charge in [-0.25, -0.2) is 0 Å². The van der Waals surface area contributed by atoms with Gasteiger partial charge in [0.05, 0.1) is 6.04 Å². The fourth-order valence-corrected chi connectivity index (χ4v) is 5.43. The van der Waals surface area contributed by atoms with Crippen molar-refractivity contribution in [1.82, 2.24) is 4.90 Å². The Hall–Kier alpha value is -0.720. The van der Waals surface area contributed by atoms with Gasteiger partial charge in [0.1, 0.15) is 0 Å². The summed E-state index contributed by atoms with van der Waals surface area (Å²) >= 11 is 5.29. The molecular formula is C20H27BrClN3OS. The van der Waals surface area contributed by atoms with Crippen molar-refractivity contribution in [3.8, 4) is 0 Å². The third-order valence-corrected chi connectivity index (χ3v) is 7.03. The number of hydrogen-bond donors (Lipinski definition) is 1. The molecule has 148 valence electrons. The minimum Gasteiger partial charge on any atom is -0.344 e. The largest absolute Gasteiger partial charge is 0.344 e. The van der Waals surface area contributed by atoms with Crippen LogP contribution in [0.3, 0.4) is 0 Å². The van der Waals surface area contributed by atoms with Crippen molar-refractivity contribution in [2.24, 2.45) is 4.99 Å². The molecule has 2 aliphatic carbocycles. The molecule has 4 nitrogen and oxygen atoms in total. The van der Waals surface area contributed by atoms with Crippen LogP contribution in [0.2, 0.25) is 0 Å². The highest BCUT2D eigenvalue weighted by molar-refractivity contribution is 9.10. The number of thioether (sulfide) groups is 1. The summed E-state index contributed by atoms with van der Waals surface area (Å²) in [6, 6.07) is 9.16. The van der Waals surface area contributed by atoms with E-state index in [-0.39, 0.29) is 24.4 Å². The molecule has 1 aliphatic heterocycles. The maximum Gasteiger partial charge on any atom is 0.226 e. The average Bonchev–Trinajstić information content (AvgIpc) is 3.41. The van der Waals surface area contributed by atoms with E-state index < -0.39 is 0 Å². The molecule has 1 heterocycles. The van der Waals surface area contributed by atoms with Crippen molar-refractivity contribution in [1.29, 1.82) is 0 Å². The molecule has 0 spiro atoms. The molecule has 3 fully saturated rings. The molecule has 0 bridgehead atoms. The lowest BCUT2D eigenvalue weighted by Crippen LogP contribution is -2.38. The fraction of sp³-hybridized carbons (Fsp3) is 0.600. The maximum absolute atomic E-state index is 12.5. The van der Waals surface area contributed by atoms with Crippen molar-refractivity contribution in [2.75, 3.05) is 11.1 Å². The van der Waals surface area contributed by atoms with Gasteiger partial charge in [-0.3, -0.25) is 9.79 Å². The van der Waals surface area contributed by atoms with E-state index in [4.69, 9.17) is 4.99 Å². The Bertz CT molecular complexity index is 674. The summed E-state index contributed by atoms with van der Waals surface area (Å²) in [7, 11) is 0. The lowest BCUT2D eigenvalue weighted by Gasteiger charge is -2.27. The highest BCUT2D eigenvalue weighted by atomic mass is 79.9. The number of nitrogens with zero attached hydrogens (tertiary/aromatic N) is 2. The number of amidine groups is 1. The van der Waals surface area contributed by atoms with Gasteiger partial charge in [-0.1, -0.05) is 47.0 Å². The first kappa shape index (κ1) is 21.0. The van der Waals surface area contributed by atoms with Crippen LogP contribution in [-0.2, 0) is 4.79 Å². The van der Waals surface area contributed by atoms with Gasteiger partial charge in [0.2, 0.25) is 5.91 Å². The summed E-state index contributed by atoms with van der Waals surface area (Å²) in [5.41, 5.74) is 0.859. The number of hydrogen-bond acceptors (Lipinski definition) is 3. The van der Waals surface area contributed by atoms with Gasteiger partial charge >= 0.3 is 0 Å². The fourth-order valence-electron chi connectivity index (χ4n) is 3.88. The number of carbonyl (C=O) groups is 1. The zero-order valence-corrected chi connectivity index (χ0v) is 18.6. The first-order valence-corrected chi connectivity index (χ1v) is 11.5. The number of nitrogens with one attached hydrogen (secondary N) is 1. The molecule has 1 amide bonds. The Morgan fingerprint density at radius 1 is 1.15 bits per heavy atom. The number of anilines is 1. The second kappa shape index (κ2) is 9.66. The van der Waals surface area contributed by atoms with E-state index >= 15 is 0 Å². The number of halogens is 2. The first-order chi connectivity index (χ1) is 12.7. The van der Waals surface area contributed by atoms with E-state index in [2.05, 4.69) is 26.1 Å². The van der Waals surface area contributed by atoms with Gasteiger partial charge in [-0.2, -0.15) is 0 Å². The number of aliphatic imine (C=N–C) groups is 1. The first-order valence-electron chi connectivity index (χ1n) is 9.73. The van der Waals surface area contributed by atoms with Crippen LogP contribution in [0.4, 0.5) is 5.69 Å². The van der Waals surface area contributed by atoms with Crippen molar-refractivity contribution >= 4 is 56.9 Å². The summed E-state index contributed by atoms with van der Waals surface area (Å²) in [6.07, 6.45) is 9.49. The van der Waals surface area contributed by atoms with Crippen LogP contribution in [0, 0.1) is 0 Å². The van der Waals surface area contributed by atoms with Gasteiger partial charge in [0, 0.05) is 34.4 Å². The second-order valence-corrected chi connectivity index (χ2v) is 9.47. The monoisotopic (exact) mass is 471 g/mol. The van der Waals surface area contributed by atoms with Crippen LogP contribution in [0.1, 0.15) is 51.4 Å². The lowest BCUT2D eigenvalue weighted by atomic mass is 9.96. The normalized spacial score (nSPS) is 24.7. The van der Waals surface area contributed by atoms with E-state index in [1.54, 1.807) is 0 Å². The van der Waals surface area contributed by atoms with E-state index in [1.807, 2.05) is 36.0 Å². The molecule has 1 aromatic carbocycles. The number of amides is 1. The predicted octanol–water partition coefficient (Wildman–Crippen LogP) is 5.47. The topological polar surface area (TPSA) is 44.7 Å². The molecule has 7 heteroatoms. The zero-order chi connectivity index (χ0) is 17.9. The van der Waals surface area contributed by atoms with E-state index in [9.17, 15) is 4.79 Å². The molecule has 0 aromatic heterocycles. The molecular weight excluding hydrogens is 446 g/mol. The molecule has 27 heavy (non-hydrogen) atoms. The van der Waals surface area contributed by atoms with Crippen molar-refractivity contribution in [3.63, 3.8) is 0 Å². The summed E-state index contributed by atoms with van der Waals surface area (Å²) in [6.45, 7) is 0. The van der Waals surface area contributed by atoms with Gasteiger partial charge in [-0.05, 0) is 49.9 Å². The Kier molecular flexibility index (Phi) is 7.51. The Labute approximate surface area is 180 Å². The average molecular weight is 473 g/mol. The number of benzene rings is 1. The Balaban J connectivity index is 0.00000210. The van der Waals surface area contributed by atoms with Crippen LogP contribution >= 0.6 is 40.1 Å². The minimum absolute atomic E-state index is 0. The highest BCUT2D eigenvalue weighted by Gasteiger charge is 2.41. The lowest BCUT2D eigenvalue weighted by molar-refractivity contribution is -0.116. The molecule has 1 atom stereocenters. The second-order valence-electron chi connectivity index (χ2n) is 7.57. The van der Waals surface area contributed by atoms with Gasteiger partial charge in [0.15, 0.2) is 5.17 Å². The van der Waals surface area contributed by atoms with E-state index in [0.717, 1.165) is 15.9 Å². The summed E-state index contributed by atoms with van der Waals surface area (Å²) in [4.78, 5) is 20.1. The van der Waals surface area contributed by atoms with Crippen LogP contribution in [0.5, 0.6) is 0 Å². The molecule has 1 N–H and O–H groups in total. The summed E-state index contributed by atoms with van der Waals surface area (Å²) in [5, 5.41) is 4.25. The standard InChI is InChI=1S/C20H26BrN3OS.ClH/c21-14-6-8-16(9-7-14)22-19(25)12-18-13-26-20(24(18)17-10-11-17)23-15-4-2-1-3-5-15;/h6-9,15,17-18H,1-5,10-13H2,(H,22,25);1H. The summed E-state index contributed by atoms with van der Waals surface area (Å²) < 4.78 is 1.02. The number of carbonyl (C=O) groups excluding carboxylic acids is 1. The molecule has 2 saturated carbocycles. The van der Waals surface area contributed by atoms with Crippen LogP contribution in [0.15, 0.2) is 33.7 Å². The van der Waals surface area contributed by atoms with Crippen LogP contribution in [0.25, 0.3) is 0 Å². The minimum atomic E-state index is 0. The van der Waals surface area contributed by atoms with E-state index in [1.165, 1.54) is 50.1 Å². The third kappa shape index (κ3) is 5.64. The molecule has 1 aromatic rings. The summed E-state index contributed by atoms with van der Waals surface area (Å²) in [5.74, 6) is 1.08. The zero-order valence-electron chi connectivity index (χ0n) is 15.4. The molecule has 1 saturated heterocycles. The molecule has 0 radical (unpaired) electrons. The third-order valence-electron chi connectivity index (χ3n) is 5.38. The van der Waals surface area contributed by atoms with Crippen molar-refractivity contribution < 1.29 is 4.79 Å². The van der Waals surface area contributed by atoms with Crippen LogP contribution < -0.4 is 5.32 Å². The van der Waals surface area contributed by atoms with Gasteiger partial charge in [0.25, 0.3) is 0 Å². The molecule has 1 unspecified atom stereocenters. The SMILES string of the molecule is Cl.O=C(CC1CSC(=NC2CCCCC2)N1C1CC1)Nc1ccc(Br)cc1.